The van der Waals surface area contributed by atoms with Gasteiger partial charge in [-0.15, -0.1) is 0 Å². The van der Waals surface area contributed by atoms with Crippen molar-refractivity contribution in [3.05, 3.63) is 33.4 Å². The van der Waals surface area contributed by atoms with Crippen molar-refractivity contribution in [2.75, 3.05) is 7.11 Å². The fourth-order valence-corrected chi connectivity index (χ4v) is 4.21. The summed E-state index contributed by atoms with van der Waals surface area (Å²) in [5, 5.41) is 18.3. The van der Waals surface area contributed by atoms with Gasteiger partial charge < -0.3 is 14.7 Å². The molecular weight excluding hydrogens is 425 g/mol. The van der Waals surface area contributed by atoms with Gasteiger partial charge in [-0.1, -0.05) is 40.1 Å². The molecular formula is C18H19Cl2N3O4S. The third-order valence-electron chi connectivity index (χ3n) is 4.24. The molecule has 0 unspecified atom stereocenters. The van der Waals surface area contributed by atoms with E-state index in [0.29, 0.717) is 21.6 Å². The summed E-state index contributed by atoms with van der Waals surface area (Å²) in [5.74, 6) is 0.185. The van der Waals surface area contributed by atoms with E-state index in [-0.39, 0.29) is 5.02 Å². The molecule has 10 heteroatoms. The van der Waals surface area contributed by atoms with E-state index in [1.807, 2.05) is 7.05 Å². The number of esters is 1. The number of carbonyl (C=O) groups excluding carboxylic acids is 1. The zero-order chi connectivity index (χ0) is 20.4. The topological polar surface area (TPSA) is 85.9 Å². The maximum absolute atomic E-state index is 11.6. The molecule has 1 aromatic heterocycles. The second-order valence-corrected chi connectivity index (χ2v) is 8.19. The molecule has 1 saturated carbocycles. The van der Waals surface area contributed by atoms with Crippen LogP contribution in [0.25, 0.3) is 0 Å². The molecule has 7 nitrogen and oxygen atoms in total. The lowest BCUT2D eigenvalue weighted by atomic mass is 10.2. The van der Waals surface area contributed by atoms with Gasteiger partial charge in [0.25, 0.3) is 0 Å². The van der Waals surface area contributed by atoms with Crippen LogP contribution in [0.5, 0.6) is 5.75 Å². The van der Waals surface area contributed by atoms with Crippen molar-refractivity contribution in [2.24, 2.45) is 12.2 Å². The highest BCUT2D eigenvalue weighted by Crippen LogP contribution is 2.45. The fraction of sp³-hybridized carbons (Fsp3) is 0.389. The predicted molar refractivity (Wildman–Crippen MR) is 107 cm³/mol. The molecule has 1 N–H and O–H groups in total. The van der Waals surface area contributed by atoms with Gasteiger partial charge in [-0.2, -0.15) is 5.10 Å². The zero-order valence-corrected chi connectivity index (χ0v) is 17.8. The second-order valence-electron chi connectivity index (χ2n) is 6.34. The van der Waals surface area contributed by atoms with E-state index in [2.05, 4.69) is 15.0 Å². The second kappa shape index (κ2) is 8.63. The van der Waals surface area contributed by atoms with Crippen molar-refractivity contribution in [3.8, 4) is 5.75 Å². The summed E-state index contributed by atoms with van der Waals surface area (Å²) in [6, 6.07) is 3.22. The van der Waals surface area contributed by atoms with Crippen LogP contribution in [0, 0.1) is 0 Å². The maximum Gasteiger partial charge on any atom is 0.346 e. The maximum atomic E-state index is 11.6. The number of rotatable bonds is 7. The number of aryl methyl sites for hydroxylation is 1. The third-order valence-corrected chi connectivity index (χ3v) is 6.19. The van der Waals surface area contributed by atoms with E-state index in [9.17, 15) is 4.79 Å². The molecule has 3 rings (SSSR count). The van der Waals surface area contributed by atoms with Crippen LogP contribution in [0.15, 0.2) is 27.2 Å². The summed E-state index contributed by atoms with van der Waals surface area (Å²) in [7, 11) is 3.11. The Morgan fingerprint density at radius 3 is 2.75 bits per heavy atom. The molecule has 2 aromatic rings. The lowest BCUT2D eigenvalue weighted by Gasteiger charge is -2.15. The Morgan fingerprint density at radius 1 is 1.43 bits per heavy atom. The van der Waals surface area contributed by atoms with Crippen molar-refractivity contribution < 1.29 is 19.5 Å². The van der Waals surface area contributed by atoms with Crippen LogP contribution in [0.4, 0.5) is 0 Å². The molecule has 0 spiro atoms. The molecule has 150 valence electrons. The number of halogens is 2. The number of ether oxygens (including phenoxy) is 2. The number of nitrogens with zero attached hydrogens (tertiary/aromatic N) is 3. The summed E-state index contributed by atoms with van der Waals surface area (Å²) in [4.78, 5) is 12.3. The fourth-order valence-electron chi connectivity index (χ4n) is 2.69. The summed E-state index contributed by atoms with van der Waals surface area (Å²) >= 11 is 13.9. The number of hydrogen-bond acceptors (Lipinski definition) is 7. The van der Waals surface area contributed by atoms with E-state index in [1.54, 1.807) is 23.7 Å². The van der Waals surface area contributed by atoms with E-state index in [4.69, 9.17) is 33.1 Å². The van der Waals surface area contributed by atoms with E-state index >= 15 is 0 Å². The number of benzene rings is 1. The Hall–Kier alpha value is -1.90. The number of aromatic nitrogens is 2. The van der Waals surface area contributed by atoms with Crippen LogP contribution < -0.4 is 4.74 Å². The largest absolute Gasteiger partial charge is 0.477 e. The standard InChI is InChI=1S/C18H19Cl2N3O4S/c1-9(18(24)26-3)27-14-7-15(13(20)6-12(14)19)28-17-11(8-21-25)16(10-4-5-10)22-23(17)2/h6-10,25H,4-5H2,1-3H3/t9-/m0/s1. The highest BCUT2D eigenvalue weighted by Gasteiger charge is 2.31. The molecule has 1 aliphatic carbocycles. The average Bonchev–Trinajstić information content (AvgIpc) is 3.45. The minimum atomic E-state index is -0.822. The summed E-state index contributed by atoms with van der Waals surface area (Å²) in [6.07, 6.45) is 2.71. The van der Waals surface area contributed by atoms with Gasteiger partial charge in [0, 0.05) is 17.9 Å². The van der Waals surface area contributed by atoms with E-state index in [1.165, 1.54) is 25.1 Å². The molecule has 0 amide bonds. The third kappa shape index (κ3) is 4.39. The summed E-state index contributed by atoms with van der Waals surface area (Å²) in [6.45, 7) is 1.57. The Labute approximate surface area is 176 Å². The molecule has 1 aromatic carbocycles. The van der Waals surface area contributed by atoms with Crippen LogP contribution in [-0.4, -0.2) is 40.4 Å². The van der Waals surface area contributed by atoms with Crippen molar-refractivity contribution >= 4 is 47.1 Å². The minimum Gasteiger partial charge on any atom is -0.477 e. The zero-order valence-electron chi connectivity index (χ0n) is 15.5. The van der Waals surface area contributed by atoms with Crippen molar-refractivity contribution in [1.29, 1.82) is 0 Å². The Morgan fingerprint density at radius 2 is 2.14 bits per heavy atom. The molecule has 0 aliphatic heterocycles. The molecule has 1 fully saturated rings. The molecule has 0 radical (unpaired) electrons. The van der Waals surface area contributed by atoms with Gasteiger partial charge in [0.15, 0.2) is 6.10 Å². The number of hydrogen-bond donors (Lipinski definition) is 1. The predicted octanol–water partition coefficient (Wildman–Crippen LogP) is 4.50. The lowest BCUT2D eigenvalue weighted by Crippen LogP contribution is -2.25. The lowest BCUT2D eigenvalue weighted by molar-refractivity contribution is -0.147. The van der Waals surface area contributed by atoms with Crippen molar-refractivity contribution in [3.63, 3.8) is 0 Å². The van der Waals surface area contributed by atoms with E-state index in [0.717, 1.165) is 29.1 Å². The summed E-state index contributed by atoms with van der Waals surface area (Å²) < 4.78 is 12.0. The quantitative estimate of drug-likeness (QED) is 0.293. The Kier molecular flexibility index (Phi) is 6.42. The molecule has 1 aliphatic rings. The number of oxime groups is 1. The Bertz CT molecular complexity index is 928. The average molecular weight is 444 g/mol. The molecule has 0 bridgehead atoms. The van der Waals surface area contributed by atoms with Crippen molar-refractivity contribution in [1.82, 2.24) is 9.78 Å². The SMILES string of the molecule is COC(=O)[C@H](C)Oc1cc(Sc2c(C=NO)c(C3CC3)nn2C)c(Cl)cc1Cl. The van der Waals surface area contributed by atoms with Gasteiger partial charge in [0.2, 0.25) is 0 Å². The van der Waals surface area contributed by atoms with Crippen LogP contribution in [0.1, 0.15) is 36.9 Å². The smallest absolute Gasteiger partial charge is 0.346 e. The molecule has 1 atom stereocenters. The van der Waals surface area contributed by atoms with Gasteiger partial charge in [0.05, 0.1) is 34.6 Å². The highest BCUT2D eigenvalue weighted by atomic mass is 35.5. The molecule has 1 heterocycles. The van der Waals surface area contributed by atoms with Gasteiger partial charge in [-0.25, -0.2) is 4.79 Å². The Balaban J connectivity index is 1.94. The van der Waals surface area contributed by atoms with E-state index < -0.39 is 12.1 Å². The van der Waals surface area contributed by atoms with Crippen LogP contribution >= 0.6 is 35.0 Å². The first kappa shape index (κ1) is 20.8. The van der Waals surface area contributed by atoms with Gasteiger partial charge in [-0.3, -0.25) is 4.68 Å². The van der Waals surface area contributed by atoms with Crippen molar-refractivity contribution in [2.45, 2.75) is 41.7 Å². The first-order valence-electron chi connectivity index (χ1n) is 8.51. The molecule has 0 saturated heterocycles. The normalized spacial score (nSPS) is 15.0. The van der Waals surface area contributed by atoms with Crippen LogP contribution in [-0.2, 0) is 16.6 Å². The number of methoxy groups -OCH3 is 1. The van der Waals surface area contributed by atoms with Gasteiger partial charge in [-0.05, 0) is 31.9 Å². The van der Waals surface area contributed by atoms with Crippen LogP contribution in [0.3, 0.4) is 0 Å². The minimum absolute atomic E-state index is 0.283. The first-order chi connectivity index (χ1) is 13.3. The summed E-state index contributed by atoms with van der Waals surface area (Å²) in [5.41, 5.74) is 1.66. The monoisotopic (exact) mass is 443 g/mol. The van der Waals surface area contributed by atoms with Gasteiger partial charge in [0.1, 0.15) is 10.8 Å². The van der Waals surface area contributed by atoms with Crippen LogP contribution in [0.2, 0.25) is 10.0 Å². The molecule has 28 heavy (non-hydrogen) atoms. The first-order valence-corrected chi connectivity index (χ1v) is 10.1. The number of carbonyl (C=O) groups is 1. The highest BCUT2D eigenvalue weighted by molar-refractivity contribution is 7.99. The van der Waals surface area contributed by atoms with Gasteiger partial charge >= 0.3 is 5.97 Å².